The van der Waals surface area contributed by atoms with Gasteiger partial charge in [-0.1, -0.05) is 61.8 Å². The fraction of sp³-hybridized carbons (Fsp3) is 0.436. The summed E-state index contributed by atoms with van der Waals surface area (Å²) >= 11 is 5.97. The largest absolute Gasteiger partial charge is 0.391 e. The van der Waals surface area contributed by atoms with Gasteiger partial charge < -0.3 is 27.2 Å². The van der Waals surface area contributed by atoms with Crippen molar-refractivity contribution in [3.05, 3.63) is 83.4 Å². The van der Waals surface area contributed by atoms with E-state index in [-0.39, 0.29) is 49.6 Å². The van der Waals surface area contributed by atoms with Gasteiger partial charge >= 0.3 is 0 Å². The maximum Gasteiger partial charge on any atom is 0.225 e. The highest BCUT2D eigenvalue weighted by Crippen LogP contribution is 2.23. The lowest BCUT2D eigenvalue weighted by Crippen LogP contribution is -2.51. The van der Waals surface area contributed by atoms with Crippen molar-refractivity contribution in [2.45, 2.75) is 77.5 Å². The van der Waals surface area contributed by atoms with E-state index in [4.69, 9.17) is 23.1 Å². The van der Waals surface area contributed by atoms with E-state index in [1.165, 1.54) is 26.2 Å². The van der Waals surface area contributed by atoms with Crippen LogP contribution in [-0.4, -0.2) is 81.3 Å². The molecule has 284 valence electrons. The molecule has 0 saturated carbocycles. The van der Waals surface area contributed by atoms with E-state index in [9.17, 15) is 33.9 Å². The Kier molecular flexibility index (Phi) is 17.0. The van der Waals surface area contributed by atoms with E-state index in [1.54, 1.807) is 49.4 Å². The van der Waals surface area contributed by atoms with E-state index in [2.05, 4.69) is 20.6 Å². The van der Waals surface area contributed by atoms with Gasteiger partial charge in [-0.15, -0.1) is 0 Å². The Labute approximate surface area is 314 Å². The number of nitrogens with one attached hydrogen (secondary N) is 2. The lowest BCUT2D eigenvalue weighted by molar-refractivity contribution is -0.135. The quantitative estimate of drug-likeness (QED) is 0.0739. The van der Waals surface area contributed by atoms with E-state index in [0.29, 0.717) is 30.0 Å². The number of carbonyl (C=O) groups is 6. The molecule has 1 aromatic heterocycles. The normalized spacial score (nSPS) is 14.5. The zero-order chi connectivity index (χ0) is 39.1. The number of Topliss-reactive ketones (excluding diaryl/α,β-unsaturated/α-hetero) is 4. The molecule has 0 aliphatic rings. The molecule has 3 rings (SSSR count). The zero-order valence-corrected chi connectivity index (χ0v) is 31.1. The van der Waals surface area contributed by atoms with Crippen LogP contribution in [0, 0.1) is 17.8 Å². The number of hydrogen-bond acceptors (Lipinski definition) is 11. The monoisotopic (exact) mass is 748 g/mol. The standard InChI is InChI=1S/C39H49ClN6O7/c1-23(36(51)37-43-17-6-18-44-37)19-33(49)31(7-4-5-16-41)45-38(52)24(2)20-34(50)35(25(3)47)46-39(53)29(22-42)21-32(48)28-10-8-26(9-11-28)27-12-14-30(40)15-13-27/h6,8-15,17-18,23-25,29,31,35,47H,4-5,7,16,19-22,41-42H2,1-3H3,(H,45,52)(H,46,53)/t23-,24-,25-,29+,31+,35+/m1/s1. The number of carbonyl (C=O) groups excluding carboxylic acids is 6. The van der Waals surface area contributed by atoms with Gasteiger partial charge in [0.25, 0.3) is 0 Å². The van der Waals surface area contributed by atoms with Gasteiger partial charge in [0, 0.05) is 60.6 Å². The SMILES string of the molecule is C[C@H](CC(=O)[C@@H](NC(=O)[C@H](CN)CC(=O)c1ccc(-c2ccc(Cl)cc2)cc1)[C@@H](C)O)C(=O)N[C@@H](CCCCN)C(=O)C[C@@H](C)C(=O)c1ncccn1. The van der Waals surface area contributed by atoms with Crippen molar-refractivity contribution in [2.75, 3.05) is 13.1 Å². The van der Waals surface area contributed by atoms with Gasteiger partial charge in [0.15, 0.2) is 23.2 Å². The molecule has 0 aliphatic heterocycles. The van der Waals surface area contributed by atoms with Crippen LogP contribution in [0.25, 0.3) is 11.1 Å². The van der Waals surface area contributed by atoms with Crippen LogP contribution >= 0.6 is 11.6 Å². The molecule has 13 nitrogen and oxygen atoms in total. The summed E-state index contributed by atoms with van der Waals surface area (Å²) in [6.07, 6.45) is 2.22. The van der Waals surface area contributed by atoms with Crippen LogP contribution in [-0.2, 0) is 19.2 Å². The van der Waals surface area contributed by atoms with E-state index >= 15 is 0 Å². The van der Waals surface area contributed by atoms with Crippen molar-refractivity contribution in [1.82, 2.24) is 20.6 Å². The molecule has 0 saturated heterocycles. The zero-order valence-electron chi connectivity index (χ0n) is 30.3. The second-order valence-corrected chi connectivity index (χ2v) is 13.7. The minimum absolute atomic E-state index is 0.00622. The molecule has 2 aromatic carbocycles. The Balaban J connectivity index is 1.60. The highest BCUT2D eigenvalue weighted by Gasteiger charge is 2.33. The summed E-state index contributed by atoms with van der Waals surface area (Å²) in [4.78, 5) is 86.9. The molecule has 0 radical (unpaired) electrons. The predicted octanol–water partition coefficient (Wildman–Crippen LogP) is 3.50. The van der Waals surface area contributed by atoms with Crippen molar-refractivity contribution in [3.63, 3.8) is 0 Å². The Morgan fingerprint density at radius 2 is 1.34 bits per heavy atom. The summed E-state index contributed by atoms with van der Waals surface area (Å²) in [5, 5.41) is 16.3. The summed E-state index contributed by atoms with van der Waals surface area (Å²) in [5.41, 5.74) is 13.7. The summed E-state index contributed by atoms with van der Waals surface area (Å²) in [5.74, 6) is -5.66. The predicted molar refractivity (Wildman–Crippen MR) is 201 cm³/mol. The van der Waals surface area contributed by atoms with Crippen molar-refractivity contribution in [1.29, 1.82) is 0 Å². The summed E-state index contributed by atoms with van der Waals surface area (Å²) in [6, 6.07) is 13.4. The first kappa shape index (κ1) is 42.7. The number of halogens is 1. The fourth-order valence-electron chi connectivity index (χ4n) is 5.68. The van der Waals surface area contributed by atoms with Gasteiger partial charge in [-0.05, 0) is 62.1 Å². The van der Waals surface area contributed by atoms with Gasteiger partial charge in [0.1, 0.15) is 6.04 Å². The van der Waals surface area contributed by atoms with E-state index in [1.807, 2.05) is 12.1 Å². The lowest BCUT2D eigenvalue weighted by Gasteiger charge is -2.25. The third kappa shape index (κ3) is 13.0. The third-order valence-corrected chi connectivity index (χ3v) is 9.20. The van der Waals surface area contributed by atoms with Crippen molar-refractivity contribution in [3.8, 4) is 11.1 Å². The first-order valence-electron chi connectivity index (χ1n) is 17.7. The molecular weight excluding hydrogens is 700 g/mol. The van der Waals surface area contributed by atoms with Crippen LogP contribution in [0.15, 0.2) is 67.0 Å². The highest BCUT2D eigenvalue weighted by molar-refractivity contribution is 6.30. The number of nitrogens with two attached hydrogens (primary N) is 2. The lowest BCUT2D eigenvalue weighted by atomic mass is 9.92. The molecule has 6 atom stereocenters. The first-order valence-corrected chi connectivity index (χ1v) is 18.1. The van der Waals surface area contributed by atoms with Crippen LogP contribution in [0.5, 0.6) is 0 Å². The van der Waals surface area contributed by atoms with Crippen LogP contribution in [0.2, 0.25) is 5.02 Å². The molecule has 53 heavy (non-hydrogen) atoms. The Hall–Kier alpha value is -4.69. The molecule has 0 fully saturated rings. The minimum Gasteiger partial charge on any atom is -0.391 e. The molecule has 0 bridgehead atoms. The van der Waals surface area contributed by atoms with Crippen LogP contribution in [0.3, 0.4) is 0 Å². The number of hydrogen-bond donors (Lipinski definition) is 5. The average Bonchev–Trinajstić information content (AvgIpc) is 3.15. The number of amides is 2. The average molecular weight is 749 g/mol. The van der Waals surface area contributed by atoms with Crippen molar-refractivity contribution >= 4 is 46.5 Å². The maximum absolute atomic E-state index is 13.4. The summed E-state index contributed by atoms with van der Waals surface area (Å²) < 4.78 is 0. The molecular formula is C39H49ClN6O7. The summed E-state index contributed by atoms with van der Waals surface area (Å²) in [7, 11) is 0. The molecule has 0 unspecified atom stereocenters. The van der Waals surface area contributed by atoms with Crippen LogP contribution < -0.4 is 22.1 Å². The van der Waals surface area contributed by atoms with Crippen LogP contribution in [0.1, 0.15) is 80.3 Å². The van der Waals surface area contributed by atoms with E-state index < -0.39 is 59.3 Å². The first-order chi connectivity index (χ1) is 25.2. The number of benzene rings is 2. The fourth-order valence-corrected chi connectivity index (χ4v) is 5.81. The number of ketones is 4. The Bertz CT molecular complexity index is 1700. The van der Waals surface area contributed by atoms with Gasteiger partial charge in [-0.2, -0.15) is 0 Å². The number of aliphatic hydroxyl groups is 1. The maximum atomic E-state index is 13.4. The second kappa shape index (κ2) is 21.1. The summed E-state index contributed by atoms with van der Waals surface area (Å²) in [6.45, 7) is 4.61. The number of unbranched alkanes of at least 4 members (excludes halogenated alkanes) is 1. The van der Waals surface area contributed by atoms with Crippen LogP contribution in [0.4, 0.5) is 0 Å². The topological polar surface area (TPSA) is 225 Å². The number of rotatable bonds is 22. The van der Waals surface area contributed by atoms with Crippen molar-refractivity contribution in [2.24, 2.45) is 29.2 Å². The van der Waals surface area contributed by atoms with Gasteiger partial charge in [-0.3, -0.25) is 28.8 Å². The van der Waals surface area contributed by atoms with Crippen molar-refractivity contribution < 1.29 is 33.9 Å². The Morgan fingerprint density at radius 3 is 1.91 bits per heavy atom. The number of aliphatic hydroxyl groups excluding tert-OH is 1. The molecule has 2 amide bonds. The Morgan fingerprint density at radius 1 is 0.755 bits per heavy atom. The van der Waals surface area contributed by atoms with E-state index in [0.717, 1.165) is 11.1 Å². The molecule has 0 aliphatic carbocycles. The number of aromatic nitrogens is 2. The number of nitrogens with zero attached hydrogens (tertiary/aromatic N) is 2. The molecule has 0 spiro atoms. The van der Waals surface area contributed by atoms with Gasteiger partial charge in [0.2, 0.25) is 17.6 Å². The second-order valence-electron chi connectivity index (χ2n) is 13.3. The van der Waals surface area contributed by atoms with Gasteiger partial charge in [0.05, 0.1) is 18.1 Å². The third-order valence-electron chi connectivity index (χ3n) is 8.95. The molecule has 3 aromatic rings. The molecule has 7 N–H and O–H groups in total. The minimum atomic E-state index is -1.38. The molecule has 1 heterocycles. The highest BCUT2D eigenvalue weighted by atomic mass is 35.5. The smallest absolute Gasteiger partial charge is 0.225 e. The van der Waals surface area contributed by atoms with Gasteiger partial charge in [-0.25, -0.2) is 9.97 Å². The molecule has 14 heteroatoms.